The Hall–Kier alpha value is -2.86. The molecule has 2 aromatic heterocycles. The van der Waals surface area contributed by atoms with Crippen LogP contribution in [0.2, 0.25) is 0 Å². The molecule has 4 rings (SSSR count). The highest BCUT2D eigenvalue weighted by Gasteiger charge is 2.39. The molecular formula is C22H24N4OS. The molecule has 0 unspecified atom stereocenters. The van der Waals surface area contributed by atoms with Crippen molar-refractivity contribution >= 4 is 17.3 Å². The Kier molecular flexibility index (Phi) is 4.81. The van der Waals surface area contributed by atoms with Gasteiger partial charge in [0.15, 0.2) is 5.11 Å². The number of benzene rings is 1. The van der Waals surface area contributed by atoms with Crippen LogP contribution in [0.5, 0.6) is 5.75 Å². The molecule has 28 heavy (non-hydrogen) atoms. The van der Waals surface area contributed by atoms with Crippen LogP contribution >= 0.6 is 12.2 Å². The highest BCUT2D eigenvalue weighted by atomic mass is 32.1. The molecule has 0 amide bonds. The van der Waals surface area contributed by atoms with Crippen molar-refractivity contribution in [2.45, 2.75) is 25.9 Å². The van der Waals surface area contributed by atoms with E-state index in [0.29, 0.717) is 0 Å². The van der Waals surface area contributed by atoms with Crippen LogP contribution in [0.4, 0.5) is 0 Å². The van der Waals surface area contributed by atoms with Crippen molar-refractivity contribution in [2.75, 3.05) is 14.2 Å². The highest BCUT2D eigenvalue weighted by Crippen LogP contribution is 2.40. The van der Waals surface area contributed by atoms with Crippen molar-refractivity contribution in [1.29, 1.82) is 0 Å². The Bertz CT molecular complexity index is 997. The summed E-state index contributed by atoms with van der Waals surface area (Å²) in [4.78, 5) is 6.71. The maximum atomic E-state index is 5.57. The van der Waals surface area contributed by atoms with E-state index in [-0.39, 0.29) is 12.1 Å². The van der Waals surface area contributed by atoms with Gasteiger partial charge in [-0.25, -0.2) is 0 Å². The number of nitrogens with zero attached hydrogens (tertiary/aromatic N) is 3. The lowest BCUT2D eigenvalue weighted by molar-refractivity contribution is 0.367. The molecule has 1 aromatic carbocycles. The molecule has 5 nitrogen and oxygen atoms in total. The quantitative estimate of drug-likeness (QED) is 0.677. The molecule has 1 aliphatic rings. The van der Waals surface area contributed by atoms with Gasteiger partial charge in [-0.3, -0.25) is 4.98 Å². The van der Waals surface area contributed by atoms with Crippen LogP contribution in [0.25, 0.3) is 5.69 Å². The topological polar surface area (TPSA) is 42.3 Å². The standard InChI is InChI=1S/C22H24N4OS/c1-14-13-18(15(2)26(14)16-8-10-17(27-4)11-9-16)21-20(24-22(28)25(21)3)19-7-5-6-12-23-19/h5-13,20-21H,1-4H3,(H,24,28)/t20-,21+/m1/s1. The van der Waals surface area contributed by atoms with Gasteiger partial charge in [-0.15, -0.1) is 0 Å². The molecule has 1 aliphatic heterocycles. The minimum atomic E-state index is 0.0171. The van der Waals surface area contributed by atoms with Gasteiger partial charge in [-0.05, 0) is 74.1 Å². The summed E-state index contributed by atoms with van der Waals surface area (Å²) >= 11 is 5.57. The zero-order valence-electron chi connectivity index (χ0n) is 16.5. The van der Waals surface area contributed by atoms with Crippen LogP contribution in [0.15, 0.2) is 54.7 Å². The normalized spacial score (nSPS) is 19.0. The third kappa shape index (κ3) is 3.03. The Balaban J connectivity index is 1.78. The second kappa shape index (κ2) is 7.28. The first-order chi connectivity index (χ1) is 13.5. The van der Waals surface area contributed by atoms with Crippen LogP contribution in [0.1, 0.15) is 34.7 Å². The highest BCUT2D eigenvalue weighted by molar-refractivity contribution is 7.80. The van der Waals surface area contributed by atoms with Crippen LogP contribution in [0, 0.1) is 13.8 Å². The summed E-state index contributed by atoms with van der Waals surface area (Å²) < 4.78 is 7.57. The van der Waals surface area contributed by atoms with E-state index in [1.165, 1.54) is 17.0 Å². The zero-order valence-corrected chi connectivity index (χ0v) is 17.3. The Labute approximate surface area is 171 Å². The summed E-state index contributed by atoms with van der Waals surface area (Å²) in [7, 11) is 3.73. The maximum Gasteiger partial charge on any atom is 0.169 e. The molecule has 3 aromatic rings. The van der Waals surface area contributed by atoms with Crippen molar-refractivity contribution in [2.24, 2.45) is 0 Å². The molecule has 1 N–H and O–H groups in total. The summed E-state index contributed by atoms with van der Waals surface area (Å²) in [5.74, 6) is 0.853. The average Bonchev–Trinajstić information content (AvgIpc) is 3.17. The first kappa shape index (κ1) is 18.5. The van der Waals surface area contributed by atoms with Gasteiger partial charge in [0, 0.05) is 30.3 Å². The molecule has 3 heterocycles. The summed E-state index contributed by atoms with van der Waals surface area (Å²) in [6.07, 6.45) is 1.83. The number of thiocarbonyl (C=S) groups is 1. The molecule has 0 bridgehead atoms. The maximum absolute atomic E-state index is 5.57. The van der Waals surface area contributed by atoms with Crippen LogP contribution in [-0.4, -0.2) is 33.7 Å². The predicted molar refractivity (Wildman–Crippen MR) is 115 cm³/mol. The fourth-order valence-corrected chi connectivity index (χ4v) is 4.30. The molecule has 144 valence electrons. The first-order valence-corrected chi connectivity index (χ1v) is 9.69. The van der Waals surface area contributed by atoms with Gasteiger partial charge in [0.05, 0.1) is 24.9 Å². The fraction of sp³-hybridized carbons (Fsp3) is 0.273. The van der Waals surface area contributed by atoms with Crippen molar-refractivity contribution in [3.05, 3.63) is 77.4 Å². The summed E-state index contributed by atoms with van der Waals surface area (Å²) in [6, 6.07) is 16.5. The van der Waals surface area contributed by atoms with Gasteiger partial charge in [0.25, 0.3) is 0 Å². The lowest BCUT2D eigenvalue weighted by Gasteiger charge is -2.24. The van der Waals surface area contributed by atoms with Crippen molar-refractivity contribution in [1.82, 2.24) is 19.8 Å². The van der Waals surface area contributed by atoms with Gasteiger partial charge in [0.1, 0.15) is 5.75 Å². The SMILES string of the molecule is COc1ccc(-n2c(C)cc([C@H]3[C@@H](c4ccccn4)NC(=S)N3C)c2C)cc1. The molecule has 1 saturated heterocycles. The van der Waals surface area contributed by atoms with E-state index in [1.54, 1.807) is 7.11 Å². The van der Waals surface area contributed by atoms with E-state index >= 15 is 0 Å². The Morgan fingerprint density at radius 3 is 2.50 bits per heavy atom. The van der Waals surface area contributed by atoms with Crippen molar-refractivity contribution in [3.63, 3.8) is 0 Å². The van der Waals surface area contributed by atoms with Gasteiger partial charge in [0.2, 0.25) is 0 Å². The smallest absolute Gasteiger partial charge is 0.169 e. The number of hydrogen-bond donors (Lipinski definition) is 1. The third-order valence-corrected chi connectivity index (χ3v) is 5.86. The van der Waals surface area contributed by atoms with E-state index in [2.05, 4.69) is 57.9 Å². The molecular weight excluding hydrogens is 368 g/mol. The Morgan fingerprint density at radius 2 is 1.86 bits per heavy atom. The van der Waals surface area contributed by atoms with E-state index in [4.69, 9.17) is 17.0 Å². The Morgan fingerprint density at radius 1 is 1.11 bits per heavy atom. The molecule has 0 spiro atoms. The number of hydrogen-bond acceptors (Lipinski definition) is 3. The first-order valence-electron chi connectivity index (χ1n) is 9.28. The van der Waals surface area contributed by atoms with E-state index in [0.717, 1.165) is 22.2 Å². The van der Waals surface area contributed by atoms with Crippen LogP contribution < -0.4 is 10.1 Å². The predicted octanol–water partition coefficient (Wildman–Crippen LogP) is 4.10. The minimum absolute atomic E-state index is 0.0171. The lowest BCUT2D eigenvalue weighted by atomic mass is 9.97. The number of aryl methyl sites for hydroxylation is 1. The monoisotopic (exact) mass is 392 g/mol. The summed E-state index contributed by atoms with van der Waals surface area (Å²) in [6.45, 7) is 4.30. The van der Waals surface area contributed by atoms with Gasteiger partial charge < -0.3 is 19.5 Å². The third-order valence-electron chi connectivity index (χ3n) is 5.46. The van der Waals surface area contributed by atoms with E-state index in [9.17, 15) is 0 Å². The second-order valence-corrected chi connectivity index (χ2v) is 7.48. The van der Waals surface area contributed by atoms with Gasteiger partial charge >= 0.3 is 0 Å². The number of pyridine rings is 1. The van der Waals surface area contributed by atoms with Gasteiger partial charge in [-0.2, -0.15) is 0 Å². The van der Waals surface area contributed by atoms with Crippen LogP contribution in [-0.2, 0) is 0 Å². The number of ether oxygens (including phenoxy) is 1. The second-order valence-electron chi connectivity index (χ2n) is 7.10. The van der Waals surface area contributed by atoms with E-state index < -0.39 is 0 Å². The largest absolute Gasteiger partial charge is 0.497 e. The minimum Gasteiger partial charge on any atom is -0.497 e. The average molecular weight is 393 g/mol. The zero-order chi connectivity index (χ0) is 19.8. The molecule has 0 aliphatic carbocycles. The van der Waals surface area contributed by atoms with Crippen molar-refractivity contribution in [3.8, 4) is 11.4 Å². The number of nitrogens with one attached hydrogen (secondary N) is 1. The number of methoxy groups -OCH3 is 1. The lowest BCUT2D eigenvalue weighted by Crippen LogP contribution is -2.25. The molecule has 6 heteroatoms. The van der Waals surface area contributed by atoms with Crippen LogP contribution in [0.3, 0.4) is 0 Å². The van der Waals surface area contributed by atoms with Crippen molar-refractivity contribution < 1.29 is 4.74 Å². The molecule has 1 fully saturated rings. The van der Waals surface area contributed by atoms with E-state index in [1.807, 2.05) is 37.5 Å². The fourth-order valence-electron chi connectivity index (χ4n) is 4.06. The summed E-state index contributed by atoms with van der Waals surface area (Å²) in [5.41, 5.74) is 5.75. The number of rotatable bonds is 4. The molecule has 2 atom stereocenters. The molecule has 0 radical (unpaired) electrons. The summed E-state index contributed by atoms with van der Waals surface area (Å²) in [5, 5.41) is 4.19. The number of likely N-dealkylation sites (N-methyl/N-ethyl adjacent to an activating group) is 1. The van der Waals surface area contributed by atoms with Gasteiger partial charge in [-0.1, -0.05) is 6.07 Å². The number of aromatic nitrogens is 2. The molecule has 0 saturated carbocycles.